The van der Waals surface area contributed by atoms with Crippen molar-refractivity contribution in [1.29, 1.82) is 0 Å². The number of nitrogens with one attached hydrogen (secondary N) is 2. The molecular formula is C16H20N4O. The fourth-order valence-corrected chi connectivity index (χ4v) is 2.94. The van der Waals surface area contributed by atoms with Crippen LogP contribution in [0.15, 0.2) is 18.2 Å². The minimum atomic E-state index is -0.0787. The summed E-state index contributed by atoms with van der Waals surface area (Å²) in [5, 5.41) is 10.7. The highest BCUT2D eigenvalue weighted by molar-refractivity contribution is 6.06. The van der Waals surface area contributed by atoms with E-state index in [2.05, 4.69) is 21.8 Å². The van der Waals surface area contributed by atoms with Crippen LogP contribution >= 0.6 is 0 Å². The van der Waals surface area contributed by atoms with Gasteiger partial charge in [-0.15, -0.1) is 0 Å². The van der Waals surface area contributed by atoms with Crippen molar-refractivity contribution in [1.82, 2.24) is 15.1 Å². The molecule has 0 radical (unpaired) electrons. The highest BCUT2D eigenvalue weighted by atomic mass is 16.1. The lowest BCUT2D eigenvalue weighted by molar-refractivity contribution is 0.102. The first-order valence-corrected chi connectivity index (χ1v) is 7.21. The van der Waals surface area contributed by atoms with E-state index in [0.717, 1.165) is 36.6 Å². The summed E-state index contributed by atoms with van der Waals surface area (Å²) in [7, 11) is 1.86. The van der Waals surface area contributed by atoms with Crippen LogP contribution in [0.3, 0.4) is 0 Å². The van der Waals surface area contributed by atoms with E-state index in [1.165, 1.54) is 11.1 Å². The van der Waals surface area contributed by atoms with Crippen LogP contribution in [0, 0.1) is 13.8 Å². The van der Waals surface area contributed by atoms with E-state index in [1.807, 2.05) is 33.0 Å². The van der Waals surface area contributed by atoms with Gasteiger partial charge in [-0.2, -0.15) is 5.10 Å². The van der Waals surface area contributed by atoms with E-state index in [4.69, 9.17) is 0 Å². The topological polar surface area (TPSA) is 59.0 Å². The quantitative estimate of drug-likeness (QED) is 0.886. The monoisotopic (exact) mass is 284 g/mol. The van der Waals surface area contributed by atoms with E-state index in [9.17, 15) is 4.79 Å². The Bertz CT molecular complexity index is 703. The van der Waals surface area contributed by atoms with Gasteiger partial charge in [0.25, 0.3) is 5.91 Å². The maximum absolute atomic E-state index is 12.6. The zero-order valence-corrected chi connectivity index (χ0v) is 12.7. The number of rotatable bonds is 2. The van der Waals surface area contributed by atoms with Crippen LogP contribution in [0.4, 0.5) is 5.69 Å². The normalized spacial score (nSPS) is 13.9. The van der Waals surface area contributed by atoms with E-state index in [0.29, 0.717) is 5.56 Å². The molecular weight excluding hydrogens is 264 g/mol. The highest BCUT2D eigenvalue weighted by Crippen LogP contribution is 2.24. The number of aromatic nitrogens is 2. The largest absolute Gasteiger partial charge is 0.322 e. The zero-order chi connectivity index (χ0) is 15.0. The Hall–Kier alpha value is -2.14. The number of aryl methyl sites for hydroxylation is 2. The molecule has 1 aliphatic heterocycles. The van der Waals surface area contributed by atoms with E-state index in [1.54, 1.807) is 4.68 Å². The lowest BCUT2D eigenvalue weighted by atomic mass is 9.99. The van der Waals surface area contributed by atoms with Crippen LogP contribution in [0.1, 0.15) is 32.9 Å². The van der Waals surface area contributed by atoms with Crippen molar-refractivity contribution in [3.63, 3.8) is 0 Å². The molecule has 0 atom stereocenters. The van der Waals surface area contributed by atoms with Crippen molar-refractivity contribution in [3.05, 3.63) is 46.3 Å². The van der Waals surface area contributed by atoms with Crippen molar-refractivity contribution in [2.24, 2.45) is 7.05 Å². The zero-order valence-electron chi connectivity index (χ0n) is 12.7. The molecule has 1 aromatic heterocycles. The SMILES string of the molecule is Cc1nn(C)c(C)c1C(=O)Nc1cccc2c1CCNC2. The molecule has 0 saturated heterocycles. The van der Waals surface area contributed by atoms with Gasteiger partial charge in [0, 0.05) is 25.0 Å². The molecule has 0 bridgehead atoms. The third-order valence-electron chi connectivity index (χ3n) is 4.12. The third-order valence-corrected chi connectivity index (χ3v) is 4.12. The molecule has 1 aliphatic rings. The molecule has 3 rings (SSSR count). The minimum Gasteiger partial charge on any atom is -0.322 e. The molecule has 0 spiro atoms. The van der Waals surface area contributed by atoms with Gasteiger partial charge < -0.3 is 10.6 Å². The van der Waals surface area contributed by atoms with Gasteiger partial charge in [-0.25, -0.2) is 0 Å². The molecule has 5 heteroatoms. The number of anilines is 1. The fraction of sp³-hybridized carbons (Fsp3) is 0.375. The Morgan fingerprint density at radius 1 is 1.38 bits per heavy atom. The van der Waals surface area contributed by atoms with Gasteiger partial charge in [-0.05, 0) is 44.0 Å². The Morgan fingerprint density at radius 2 is 2.19 bits per heavy atom. The van der Waals surface area contributed by atoms with Crippen LogP contribution in [-0.4, -0.2) is 22.2 Å². The van der Waals surface area contributed by atoms with Crippen molar-refractivity contribution >= 4 is 11.6 Å². The Morgan fingerprint density at radius 3 is 2.90 bits per heavy atom. The van der Waals surface area contributed by atoms with Crippen molar-refractivity contribution in [3.8, 4) is 0 Å². The Labute approximate surface area is 124 Å². The predicted molar refractivity (Wildman–Crippen MR) is 82.5 cm³/mol. The van der Waals surface area contributed by atoms with Crippen LogP contribution in [0.2, 0.25) is 0 Å². The number of fused-ring (bicyclic) bond motifs is 1. The predicted octanol–water partition coefficient (Wildman–Crippen LogP) is 1.93. The van der Waals surface area contributed by atoms with Crippen LogP contribution in [0.5, 0.6) is 0 Å². The molecule has 0 unspecified atom stereocenters. The lowest BCUT2D eigenvalue weighted by Crippen LogP contribution is -2.25. The van der Waals surface area contributed by atoms with E-state index >= 15 is 0 Å². The second-order valence-corrected chi connectivity index (χ2v) is 5.49. The Balaban J connectivity index is 1.92. The summed E-state index contributed by atoms with van der Waals surface area (Å²) >= 11 is 0. The standard InChI is InChI=1S/C16H20N4O/c1-10-15(11(2)20(3)19-10)16(21)18-14-6-4-5-12-9-17-8-7-13(12)14/h4-6,17H,7-9H2,1-3H3,(H,18,21). The Kier molecular flexibility index (Phi) is 3.51. The van der Waals surface area contributed by atoms with Gasteiger partial charge in [-0.1, -0.05) is 12.1 Å². The molecule has 5 nitrogen and oxygen atoms in total. The molecule has 110 valence electrons. The number of hydrogen-bond acceptors (Lipinski definition) is 3. The van der Waals surface area contributed by atoms with Crippen molar-refractivity contribution in [2.45, 2.75) is 26.8 Å². The van der Waals surface area contributed by atoms with Crippen LogP contribution in [-0.2, 0) is 20.0 Å². The number of carbonyl (C=O) groups is 1. The van der Waals surface area contributed by atoms with Crippen LogP contribution in [0.25, 0.3) is 0 Å². The number of nitrogens with zero attached hydrogens (tertiary/aromatic N) is 2. The average molecular weight is 284 g/mol. The molecule has 2 heterocycles. The summed E-state index contributed by atoms with van der Waals surface area (Å²) in [6.07, 6.45) is 0.941. The van der Waals surface area contributed by atoms with Gasteiger partial charge in [-0.3, -0.25) is 9.48 Å². The summed E-state index contributed by atoms with van der Waals surface area (Å²) in [6.45, 7) is 5.60. The van der Waals surface area contributed by atoms with E-state index in [-0.39, 0.29) is 5.91 Å². The molecule has 0 fully saturated rings. The number of hydrogen-bond donors (Lipinski definition) is 2. The molecule has 2 N–H and O–H groups in total. The molecule has 0 saturated carbocycles. The van der Waals surface area contributed by atoms with Gasteiger partial charge in [0.05, 0.1) is 11.3 Å². The van der Waals surface area contributed by atoms with E-state index < -0.39 is 0 Å². The smallest absolute Gasteiger partial charge is 0.259 e. The highest BCUT2D eigenvalue weighted by Gasteiger charge is 2.19. The van der Waals surface area contributed by atoms with Crippen LogP contribution < -0.4 is 10.6 Å². The first-order valence-electron chi connectivity index (χ1n) is 7.21. The fourth-order valence-electron chi connectivity index (χ4n) is 2.94. The van der Waals surface area contributed by atoms with Gasteiger partial charge in [0.15, 0.2) is 0 Å². The summed E-state index contributed by atoms with van der Waals surface area (Å²) < 4.78 is 1.74. The summed E-state index contributed by atoms with van der Waals surface area (Å²) in [5.74, 6) is -0.0787. The molecule has 1 amide bonds. The first-order chi connectivity index (χ1) is 10.1. The second-order valence-electron chi connectivity index (χ2n) is 5.49. The second kappa shape index (κ2) is 5.33. The molecule has 0 aliphatic carbocycles. The van der Waals surface area contributed by atoms with Gasteiger partial charge in [0.1, 0.15) is 0 Å². The maximum atomic E-state index is 12.6. The molecule has 1 aromatic carbocycles. The first kappa shape index (κ1) is 13.8. The third kappa shape index (κ3) is 2.45. The lowest BCUT2D eigenvalue weighted by Gasteiger charge is -2.20. The minimum absolute atomic E-state index is 0.0787. The summed E-state index contributed by atoms with van der Waals surface area (Å²) in [4.78, 5) is 12.6. The summed E-state index contributed by atoms with van der Waals surface area (Å²) in [5.41, 5.74) is 5.74. The summed E-state index contributed by atoms with van der Waals surface area (Å²) in [6, 6.07) is 6.07. The van der Waals surface area contributed by atoms with Gasteiger partial charge in [0.2, 0.25) is 0 Å². The van der Waals surface area contributed by atoms with Crippen molar-refractivity contribution in [2.75, 3.05) is 11.9 Å². The number of amides is 1. The van der Waals surface area contributed by atoms with Crippen molar-refractivity contribution < 1.29 is 4.79 Å². The number of benzene rings is 1. The average Bonchev–Trinajstić information content (AvgIpc) is 2.72. The maximum Gasteiger partial charge on any atom is 0.259 e. The molecule has 21 heavy (non-hydrogen) atoms. The van der Waals surface area contributed by atoms with Gasteiger partial charge >= 0.3 is 0 Å². The number of carbonyl (C=O) groups excluding carboxylic acids is 1. The molecule has 2 aromatic rings.